The van der Waals surface area contributed by atoms with Crippen molar-refractivity contribution in [3.8, 4) is 5.75 Å². The maximum Gasteiger partial charge on any atom is 0.331 e. The Kier molecular flexibility index (Phi) is 5.44. The van der Waals surface area contributed by atoms with Crippen LogP contribution >= 0.6 is 0 Å². The maximum absolute atomic E-state index is 12.2. The molecule has 0 unspecified atom stereocenters. The quantitative estimate of drug-likeness (QED) is 0.380. The molecule has 0 spiro atoms. The summed E-state index contributed by atoms with van der Waals surface area (Å²) in [5.74, 6) is -0.163. The van der Waals surface area contributed by atoms with Crippen molar-refractivity contribution in [1.82, 2.24) is 0 Å². The number of rotatable bonds is 6. The zero-order chi connectivity index (χ0) is 18.4. The van der Waals surface area contributed by atoms with E-state index in [0.717, 1.165) is 16.3 Å². The summed E-state index contributed by atoms with van der Waals surface area (Å²) in [6.07, 6.45) is 2.88. The van der Waals surface area contributed by atoms with Gasteiger partial charge in [-0.1, -0.05) is 54.6 Å². The number of carbonyl (C=O) groups is 2. The van der Waals surface area contributed by atoms with Crippen LogP contribution in [0, 0.1) is 0 Å². The number of para-hydroxylation sites is 1. The molecule has 0 fully saturated rings. The smallest absolute Gasteiger partial charge is 0.331 e. The van der Waals surface area contributed by atoms with Crippen molar-refractivity contribution in [3.63, 3.8) is 0 Å². The normalized spacial score (nSPS) is 10.8. The van der Waals surface area contributed by atoms with Gasteiger partial charge in [0, 0.05) is 17.2 Å². The Bertz CT molecular complexity index is 973. The number of Topliss-reactive ketones (excluding diaryl/α,β-unsaturated/α-hetero) is 1. The van der Waals surface area contributed by atoms with Gasteiger partial charge in [-0.25, -0.2) is 4.79 Å². The van der Waals surface area contributed by atoms with Gasteiger partial charge in [0.05, 0.1) is 7.11 Å². The van der Waals surface area contributed by atoms with E-state index in [4.69, 9.17) is 9.47 Å². The molecule has 0 aliphatic rings. The Morgan fingerprint density at radius 1 is 0.923 bits per heavy atom. The Morgan fingerprint density at radius 2 is 1.65 bits per heavy atom. The number of carbonyl (C=O) groups excluding carboxylic acids is 2. The van der Waals surface area contributed by atoms with Crippen LogP contribution in [0.3, 0.4) is 0 Å². The number of ether oxygens (including phenoxy) is 2. The summed E-state index contributed by atoms with van der Waals surface area (Å²) in [6, 6.07) is 20.5. The van der Waals surface area contributed by atoms with Crippen molar-refractivity contribution in [2.45, 2.75) is 0 Å². The van der Waals surface area contributed by atoms with Gasteiger partial charge < -0.3 is 9.47 Å². The van der Waals surface area contributed by atoms with E-state index in [2.05, 4.69) is 0 Å². The lowest BCUT2D eigenvalue weighted by molar-refractivity contribution is -0.136. The fourth-order valence-corrected chi connectivity index (χ4v) is 2.59. The average Bonchev–Trinajstić information content (AvgIpc) is 2.70. The number of esters is 1. The summed E-state index contributed by atoms with van der Waals surface area (Å²) in [7, 11) is 1.56. The van der Waals surface area contributed by atoms with Crippen LogP contribution in [0.1, 0.15) is 15.9 Å². The molecule has 0 aromatic heterocycles. The highest BCUT2D eigenvalue weighted by molar-refractivity contribution is 6.01. The van der Waals surface area contributed by atoms with Crippen LogP contribution in [0.25, 0.3) is 16.8 Å². The number of ketones is 1. The Hall–Kier alpha value is -3.40. The lowest BCUT2D eigenvalue weighted by Crippen LogP contribution is -2.12. The monoisotopic (exact) mass is 346 g/mol. The third kappa shape index (κ3) is 4.16. The molecule has 0 amide bonds. The summed E-state index contributed by atoms with van der Waals surface area (Å²) in [6.45, 7) is -0.298. The molecule has 26 heavy (non-hydrogen) atoms. The molecule has 0 aliphatic carbocycles. The fraction of sp³-hybridized carbons (Fsp3) is 0.0909. The topological polar surface area (TPSA) is 52.6 Å². The number of hydrogen-bond donors (Lipinski definition) is 0. The summed E-state index contributed by atoms with van der Waals surface area (Å²) in [4.78, 5) is 24.1. The van der Waals surface area contributed by atoms with E-state index in [1.807, 2.05) is 48.5 Å². The van der Waals surface area contributed by atoms with E-state index in [1.165, 1.54) is 6.08 Å². The van der Waals surface area contributed by atoms with Crippen molar-refractivity contribution in [1.29, 1.82) is 0 Å². The number of fused-ring (bicyclic) bond motifs is 1. The summed E-state index contributed by atoms with van der Waals surface area (Å²) < 4.78 is 10.3. The zero-order valence-corrected chi connectivity index (χ0v) is 14.3. The first kappa shape index (κ1) is 17.4. The minimum atomic E-state index is -0.579. The largest absolute Gasteiger partial charge is 0.496 e. The first-order valence-corrected chi connectivity index (χ1v) is 8.17. The highest BCUT2D eigenvalue weighted by Gasteiger charge is 2.09. The molecule has 0 bridgehead atoms. The molecule has 0 heterocycles. The Balaban J connectivity index is 1.61. The molecule has 0 saturated heterocycles. The second-order valence-electron chi connectivity index (χ2n) is 5.67. The maximum atomic E-state index is 12.2. The SMILES string of the molecule is COc1ccccc1/C=C/C(=O)OCC(=O)c1ccc2ccccc2c1. The van der Waals surface area contributed by atoms with Crippen molar-refractivity contribution in [2.24, 2.45) is 0 Å². The molecule has 3 rings (SSSR count). The molecule has 130 valence electrons. The van der Waals surface area contributed by atoms with Gasteiger partial charge in [-0.3, -0.25) is 4.79 Å². The van der Waals surface area contributed by atoms with Gasteiger partial charge in [-0.05, 0) is 29.0 Å². The van der Waals surface area contributed by atoms with E-state index < -0.39 is 5.97 Å². The van der Waals surface area contributed by atoms with Gasteiger partial charge in [0.15, 0.2) is 12.4 Å². The van der Waals surface area contributed by atoms with Crippen LogP contribution in [0.2, 0.25) is 0 Å². The van der Waals surface area contributed by atoms with Crippen LogP contribution in [0.4, 0.5) is 0 Å². The van der Waals surface area contributed by atoms with Crippen LogP contribution in [-0.4, -0.2) is 25.5 Å². The third-order valence-electron chi connectivity index (χ3n) is 3.95. The highest BCUT2D eigenvalue weighted by Crippen LogP contribution is 2.19. The van der Waals surface area contributed by atoms with E-state index in [-0.39, 0.29) is 12.4 Å². The van der Waals surface area contributed by atoms with Gasteiger partial charge >= 0.3 is 5.97 Å². The van der Waals surface area contributed by atoms with Crippen LogP contribution in [0.5, 0.6) is 5.75 Å². The zero-order valence-electron chi connectivity index (χ0n) is 14.3. The van der Waals surface area contributed by atoms with Gasteiger partial charge in [-0.15, -0.1) is 0 Å². The number of benzene rings is 3. The fourth-order valence-electron chi connectivity index (χ4n) is 2.59. The Morgan fingerprint density at radius 3 is 2.46 bits per heavy atom. The first-order valence-electron chi connectivity index (χ1n) is 8.17. The third-order valence-corrected chi connectivity index (χ3v) is 3.95. The van der Waals surface area contributed by atoms with Crippen LogP contribution < -0.4 is 4.74 Å². The molecule has 0 saturated carbocycles. The predicted molar refractivity (Wildman–Crippen MR) is 101 cm³/mol. The molecule has 0 atom stereocenters. The van der Waals surface area contributed by atoms with Crippen LogP contribution in [0.15, 0.2) is 72.8 Å². The standard InChI is InChI=1S/C22H18O4/c1-25-21-9-5-4-7-17(21)12-13-22(24)26-15-20(23)19-11-10-16-6-2-3-8-18(16)14-19/h2-14H,15H2,1H3/b13-12+. The van der Waals surface area contributed by atoms with Crippen LogP contribution in [-0.2, 0) is 9.53 Å². The van der Waals surface area contributed by atoms with Crippen molar-refractivity contribution in [3.05, 3.63) is 83.9 Å². The molecule has 0 radical (unpaired) electrons. The van der Waals surface area contributed by atoms with E-state index in [0.29, 0.717) is 11.3 Å². The number of methoxy groups -OCH3 is 1. The average molecular weight is 346 g/mol. The van der Waals surface area contributed by atoms with Gasteiger partial charge in [0.25, 0.3) is 0 Å². The molecule has 4 heteroatoms. The lowest BCUT2D eigenvalue weighted by Gasteiger charge is -2.05. The van der Waals surface area contributed by atoms with Gasteiger partial charge in [-0.2, -0.15) is 0 Å². The van der Waals surface area contributed by atoms with Crippen molar-refractivity contribution in [2.75, 3.05) is 13.7 Å². The predicted octanol–water partition coefficient (Wildman–Crippen LogP) is 4.29. The van der Waals surface area contributed by atoms with E-state index in [9.17, 15) is 9.59 Å². The lowest BCUT2D eigenvalue weighted by atomic mass is 10.0. The molecule has 3 aromatic carbocycles. The molecule has 0 aliphatic heterocycles. The van der Waals surface area contributed by atoms with Gasteiger partial charge in [0.1, 0.15) is 5.75 Å². The van der Waals surface area contributed by atoms with Crippen molar-refractivity contribution < 1.29 is 19.1 Å². The van der Waals surface area contributed by atoms with E-state index in [1.54, 1.807) is 31.4 Å². The molecule has 0 N–H and O–H groups in total. The minimum Gasteiger partial charge on any atom is -0.496 e. The Labute approximate surface area is 151 Å². The first-order chi connectivity index (χ1) is 12.7. The van der Waals surface area contributed by atoms with Gasteiger partial charge in [0.2, 0.25) is 0 Å². The van der Waals surface area contributed by atoms with Crippen molar-refractivity contribution >= 4 is 28.6 Å². The summed E-state index contributed by atoms with van der Waals surface area (Å²) in [5, 5.41) is 2.03. The number of hydrogen-bond acceptors (Lipinski definition) is 4. The second-order valence-corrected chi connectivity index (χ2v) is 5.67. The molecular formula is C22H18O4. The second kappa shape index (κ2) is 8.12. The summed E-state index contributed by atoms with van der Waals surface area (Å²) >= 11 is 0. The molecule has 4 nitrogen and oxygen atoms in total. The highest BCUT2D eigenvalue weighted by atomic mass is 16.5. The molecule has 3 aromatic rings. The minimum absolute atomic E-state index is 0.241. The summed E-state index contributed by atoms with van der Waals surface area (Å²) in [5.41, 5.74) is 1.28. The van der Waals surface area contributed by atoms with E-state index >= 15 is 0 Å². The molecular weight excluding hydrogens is 328 g/mol.